The first kappa shape index (κ1) is 14.5. The van der Waals surface area contributed by atoms with Gasteiger partial charge in [0.25, 0.3) is 14.9 Å². The number of hydrogen-bond acceptors (Lipinski definition) is 6. The van der Waals surface area contributed by atoms with Crippen molar-refractivity contribution in [2.75, 3.05) is 6.61 Å². The molecule has 0 aliphatic rings. The molecular weight excluding hydrogens is 248 g/mol. The third-order valence-corrected chi connectivity index (χ3v) is 3.21. The topological polar surface area (TPSA) is 166 Å². The van der Waals surface area contributed by atoms with Crippen LogP contribution in [0.3, 0.4) is 0 Å². The van der Waals surface area contributed by atoms with Crippen LogP contribution in [0.25, 0.3) is 0 Å². The van der Waals surface area contributed by atoms with E-state index in [1.807, 2.05) is 0 Å². The van der Waals surface area contributed by atoms with Crippen molar-refractivity contribution in [3.8, 4) is 0 Å². The maximum absolute atomic E-state index is 11.0. The number of aliphatic hydroxyl groups is 1. The van der Waals surface area contributed by atoms with Crippen molar-refractivity contribution in [3.63, 3.8) is 0 Å². The lowest BCUT2D eigenvalue weighted by Gasteiger charge is -2.21. The molecule has 0 saturated heterocycles. The number of hydrogen-bond donors (Lipinski definition) is 4. The highest BCUT2D eigenvalue weighted by Gasteiger charge is 2.58. The Morgan fingerprint density at radius 1 is 1.12 bits per heavy atom. The molecule has 10 heteroatoms. The van der Waals surface area contributed by atoms with Crippen LogP contribution in [-0.2, 0) is 24.5 Å². The van der Waals surface area contributed by atoms with Gasteiger partial charge >= 0.3 is 11.9 Å². The number of carbonyl (C=O) groups is 3. The van der Waals surface area contributed by atoms with Gasteiger partial charge in [0.1, 0.15) is 6.61 Å². The molecule has 0 heterocycles. The van der Waals surface area contributed by atoms with Gasteiger partial charge in [-0.3, -0.25) is 14.1 Å². The zero-order valence-corrected chi connectivity index (χ0v) is 8.47. The Kier molecular flexibility index (Phi) is 4.12. The van der Waals surface area contributed by atoms with Crippen molar-refractivity contribution in [2.45, 2.75) is 11.2 Å². The van der Waals surface area contributed by atoms with Crippen LogP contribution in [0.4, 0.5) is 0 Å². The molecule has 16 heavy (non-hydrogen) atoms. The lowest BCUT2D eigenvalue weighted by atomic mass is 9.99. The number of ketones is 1. The minimum atomic E-state index is -5.52. The summed E-state index contributed by atoms with van der Waals surface area (Å²) in [6.45, 7) is -1.53. The molecular formula is C6H8O9S. The summed E-state index contributed by atoms with van der Waals surface area (Å²) in [4.78, 5) is 32.0. The third kappa shape index (κ3) is 2.35. The van der Waals surface area contributed by atoms with E-state index in [9.17, 15) is 22.8 Å². The van der Waals surface area contributed by atoms with Gasteiger partial charge < -0.3 is 15.3 Å². The summed E-state index contributed by atoms with van der Waals surface area (Å²) in [5.74, 6) is -6.12. The van der Waals surface area contributed by atoms with Crippen LogP contribution >= 0.6 is 0 Å². The molecule has 0 radical (unpaired) electrons. The number of aliphatic carboxylic acids is 2. The molecule has 0 aromatic rings. The molecule has 1 unspecified atom stereocenters. The molecule has 92 valence electrons. The van der Waals surface area contributed by atoms with Crippen LogP contribution in [0, 0.1) is 0 Å². The fourth-order valence-electron chi connectivity index (χ4n) is 0.980. The maximum Gasteiger partial charge on any atom is 0.336 e. The summed E-state index contributed by atoms with van der Waals surface area (Å²) in [6.07, 6.45) is -1.68. The van der Waals surface area contributed by atoms with E-state index >= 15 is 0 Å². The Hall–Kier alpha value is -1.52. The van der Waals surface area contributed by atoms with Gasteiger partial charge in [-0.1, -0.05) is 0 Å². The molecule has 0 aromatic heterocycles. The molecule has 0 bridgehead atoms. The number of aliphatic hydroxyl groups excluding tert-OH is 1. The minimum Gasteiger partial charge on any atom is -0.481 e. The molecule has 0 saturated carbocycles. The SMILES string of the molecule is O=C(O)CC(C(=O)O)(C(=O)CO)S(=O)(=O)O. The van der Waals surface area contributed by atoms with Gasteiger partial charge in [-0.05, 0) is 0 Å². The van der Waals surface area contributed by atoms with Crippen LogP contribution in [-0.4, -0.2) is 57.4 Å². The number of Topliss-reactive ketones (excluding diaryl/α,β-unsaturated/α-hetero) is 1. The Bertz CT molecular complexity index is 421. The van der Waals surface area contributed by atoms with E-state index in [0.29, 0.717) is 0 Å². The van der Waals surface area contributed by atoms with Crippen LogP contribution < -0.4 is 0 Å². The average molecular weight is 256 g/mol. The molecule has 0 aromatic carbocycles. The van der Waals surface area contributed by atoms with Gasteiger partial charge in [0.15, 0.2) is 5.78 Å². The molecule has 9 nitrogen and oxygen atoms in total. The van der Waals surface area contributed by atoms with Crippen molar-refractivity contribution in [1.82, 2.24) is 0 Å². The molecule has 0 aliphatic carbocycles. The van der Waals surface area contributed by atoms with E-state index in [1.165, 1.54) is 0 Å². The molecule has 0 spiro atoms. The Balaban J connectivity index is 5.90. The summed E-state index contributed by atoms with van der Waals surface area (Å²) in [5.41, 5.74) is 0. The van der Waals surface area contributed by atoms with E-state index in [2.05, 4.69) is 0 Å². The predicted octanol–water partition coefficient (Wildman–Crippen LogP) is -2.27. The number of carboxylic acids is 2. The fraction of sp³-hybridized carbons (Fsp3) is 0.500. The molecule has 0 amide bonds. The molecule has 1 atom stereocenters. The fourth-order valence-corrected chi connectivity index (χ4v) is 1.86. The number of carboxylic acid groups (broad SMARTS) is 2. The van der Waals surface area contributed by atoms with Gasteiger partial charge in [-0.25, -0.2) is 4.79 Å². The van der Waals surface area contributed by atoms with Gasteiger partial charge in [0, 0.05) is 0 Å². The first-order chi connectivity index (χ1) is 7.09. The van der Waals surface area contributed by atoms with Gasteiger partial charge in [0.2, 0.25) is 0 Å². The standard InChI is InChI=1S/C6H8O9S/c7-2-3(8)6(5(11)12,1-4(9)10)16(13,14)15/h7H,1-2H2,(H,9,10)(H,11,12)(H,13,14,15). The maximum atomic E-state index is 11.0. The van der Waals surface area contributed by atoms with E-state index in [4.69, 9.17) is 19.9 Å². The highest BCUT2D eigenvalue weighted by Crippen LogP contribution is 2.23. The van der Waals surface area contributed by atoms with Gasteiger partial charge in [0.05, 0.1) is 6.42 Å². The Morgan fingerprint density at radius 3 is 1.75 bits per heavy atom. The summed E-state index contributed by atoms with van der Waals surface area (Å²) >= 11 is 0. The lowest BCUT2D eigenvalue weighted by Crippen LogP contribution is -2.55. The quantitative estimate of drug-likeness (QED) is 0.302. The van der Waals surface area contributed by atoms with E-state index < -0.39 is 45.6 Å². The van der Waals surface area contributed by atoms with Crippen molar-refractivity contribution < 1.29 is 42.7 Å². The van der Waals surface area contributed by atoms with Crippen LogP contribution in [0.1, 0.15) is 6.42 Å². The summed E-state index contributed by atoms with van der Waals surface area (Å²) in [5, 5.41) is 25.3. The Morgan fingerprint density at radius 2 is 1.56 bits per heavy atom. The molecule has 0 aliphatic heterocycles. The minimum absolute atomic E-state index is 1.53. The van der Waals surface area contributed by atoms with Crippen molar-refractivity contribution in [2.24, 2.45) is 0 Å². The van der Waals surface area contributed by atoms with Crippen molar-refractivity contribution in [1.29, 1.82) is 0 Å². The first-order valence-electron chi connectivity index (χ1n) is 3.66. The highest BCUT2D eigenvalue weighted by atomic mass is 32.2. The zero-order chi connectivity index (χ0) is 13.1. The van der Waals surface area contributed by atoms with Crippen LogP contribution in [0.5, 0.6) is 0 Å². The van der Waals surface area contributed by atoms with E-state index in [0.717, 1.165) is 0 Å². The second-order valence-electron chi connectivity index (χ2n) is 2.76. The second kappa shape index (κ2) is 4.55. The number of carbonyl (C=O) groups excluding carboxylic acids is 1. The average Bonchev–Trinajstić information content (AvgIpc) is 2.09. The molecule has 4 N–H and O–H groups in total. The number of rotatable bonds is 6. The third-order valence-electron chi connectivity index (χ3n) is 1.78. The second-order valence-corrected chi connectivity index (χ2v) is 4.41. The molecule has 0 rings (SSSR count). The summed E-state index contributed by atoms with van der Waals surface area (Å²) in [7, 11) is -5.52. The van der Waals surface area contributed by atoms with Crippen LogP contribution in [0.2, 0.25) is 0 Å². The zero-order valence-electron chi connectivity index (χ0n) is 7.65. The van der Waals surface area contributed by atoms with Crippen LogP contribution in [0.15, 0.2) is 0 Å². The monoisotopic (exact) mass is 256 g/mol. The van der Waals surface area contributed by atoms with Crippen molar-refractivity contribution in [3.05, 3.63) is 0 Å². The molecule has 0 fully saturated rings. The lowest BCUT2D eigenvalue weighted by molar-refractivity contribution is -0.151. The van der Waals surface area contributed by atoms with E-state index in [1.54, 1.807) is 0 Å². The van der Waals surface area contributed by atoms with E-state index in [-0.39, 0.29) is 0 Å². The first-order valence-corrected chi connectivity index (χ1v) is 5.10. The Labute approximate surface area is 89.1 Å². The summed E-state index contributed by atoms with van der Waals surface area (Å²) < 4.78 is 26.7. The predicted molar refractivity (Wildman–Crippen MR) is 46.3 cm³/mol. The normalized spacial score (nSPS) is 15.1. The highest BCUT2D eigenvalue weighted by molar-refractivity contribution is 7.89. The largest absolute Gasteiger partial charge is 0.481 e. The smallest absolute Gasteiger partial charge is 0.336 e. The van der Waals surface area contributed by atoms with Gasteiger partial charge in [-0.15, -0.1) is 0 Å². The van der Waals surface area contributed by atoms with Gasteiger partial charge in [-0.2, -0.15) is 8.42 Å². The van der Waals surface area contributed by atoms with Crippen molar-refractivity contribution >= 4 is 27.8 Å². The summed E-state index contributed by atoms with van der Waals surface area (Å²) in [6, 6.07) is 0.